The van der Waals surface area contributed by atoms with Gasteiger partial charge in [-0.1, -0.05) is 6.92 Å². The molecule has 2 rings (SSSR count). The SMILES string of the molecule is CCCN[C@H]1CN(CCOCCOC)Sc2sc(S(N)(=O)=O)cc21. The Balaban J connectivity index is 2.04. The van der Waals surface area contributed by atoms with Crippen LogP contribution in [0.25, 0.3) is 0 Å². The van der Waals surface area contributed by atoms with Gasteiger partial charge in [0, 0.05) is 26.2 Å². The molecule has 1 aromatic heterocycles. The van der Waals surface area contributed by atoms with Crippen molar-refractivity contribution in [3.63, 3.8) is 0 Å². The molecule has 1 atom stereocenters. The van der Waals surface area contributed by atoms with Gasteiger partial charge in [0.05, 0.1) is 24.0 Å². The van der Waals surface area contributed by atoms with Crippen molar-refractivity contribution in [2.75, 3.05) is 46.6 Å². The van der Waals surface area contributed by atoms with Gasteiger partial charge in [-0.05, 0) is 36.5 Å². The van der Waals surface area contributed by atoms with E-state index in [1.54, 1.807) is 25.1 Å². The molecule has 1 aromatic rings. The molecule has 7 nitrogen and oxygen atoms in total. The van der Waals surface area contributed by atoms with Crippen LogP contribution in [0.1, 0.15) is 24.9 Å². The van der Waals surface area contributed by atoms with Gasteiger partial charge in [0.25, 0.3) is 0 Å². The van der Waals surface area contributed by atoms with Crippen LogP contribution in [0.5, 0.6) is 0 Å². The highest BCUT2D eigenvalue weighted by molar-refractivity contribution is 7.99. The summed E-state index contributed by atoms with van der Waals surface area (Å²) in [6.45, 7) is 6.32. The van der Waals surface area contributed by atoms with E-state index in [0.717, 1.165) is 35.8 Å². The van der Waals surface area contributed by atoms with E-state index < -0.39 is 10.0 Å². The smallest absolute Gasteiger partial charge is 0.247 e. The van der Waals surface area contributed by atoms with E-state index in [4.69, 9.17) is 14.6 Å². The summed E-state index contributed by atoms with van der Waals surface area (Å²) in [6.07, 6.45) is 1.02. The number of ether oxygens (including phenoxy) is 2. The quantitative estimate of drug-likeness (QED) is 0.457. The minimum absolute atomic E-state index is 0.104. The van der Waals surface area contributed by atoms with Crippen molar-refractivity contribution in [1.29, 1.82) is 0 Å². The normalized spacial score (nSPS) is 18.7. The highest BCUT2D eigenvalue weighted by Crippen LogP contribution is 2.43. The molecule has 0 aliphatic carbocycles. The molecule has 0 fully saturated rings. The highest BCUT2D eigenvalue weighted by atomic mass is 32.3. The number of nitrogens with two attached hydrogens (primary N) is 1. The topological polar surface area (TPSA) is 93.9 Å². The Morgan fingerprint density at radius 2 is 2.21 bits per heavy atom. The second-order valence-corrected chi connectivity index (χ2v) is 9.65. The third-order valence-electron chi connectivity index (χ3n) is 3.51. The fraction of sp³-hybridized carbons (Fsp3) is 0.714. The molecule has 24 heavy (non-hydrogen) atoms. The molecular weight excluding hydrogens is 370 g/mol. The second kappa shape index (κ2) is 9.48. The predicted octanol–water partition coefficient (Wildman–Crippen LogP) is 1.42. The summed E-state index contributed by atoms with van der Waals surface area (Å²) < 4.78 is 37.2. The Morgan fingerprint density at radius 1 is 1.42 bits per heavy atom. The Morgan fingerprint density at radius 3 is 2.88 bits per heavy atom. The third kappa shape index (κ3) is 5.67. The number of nitrogens with one attached hydrogen (secondary N) is 1. The predicted molar refractivity (Wildman–Crippen MR) is 96.9 cm³/mol. The molecule has 0 saturated carbocycles. The lowest BCUT2D eigenvalue weighted by Gasteiger charge is -2.32. The van der Waals surface area contributed by atoms with Crippen molar-refractivity contribution in [2.45, 2.75) is 27.8 Å². The van der Waals surface area contributed by atoms with E-state index in [9.17, 15) is 8.42 Å². The molecule has 2 heterocycles. The van der Waals surface area contributed by atoms with Gasteiger partial charge in [0.2, 0.25) is 10.0 Å². The average molecular weight is 396 g/mol. The molecule has 0 bridgehead atoms. The van der Waals surface area contributed by atoms with E-state index in [1.807, 2.05) is 0 Å². The van der Waals surface area contributed by atoms with Crippen molar-refractivity contribution in [2.24, 2.45) is 5.14 Å². The minimum atomic E-state index is -3.67. The first-order valence-electron chi connectivity index (χ1n) is 7.85. The van der Waals surface area contributed by atoms with Gasteiger partial charge in [-0.15, -0.1) is 11.3 Å². The average Bonchev–Trinajstić information content (AvgIpc) is 2.97. The third-order valence-corrected chi connectivity index (χ3v) is 7.34. The largest absolute Gasteiger partial charge is 0.382 e. The van der Waals surface area contributed by atoms with Crippen LogP contribution < -0.4 is 10.5 Å². The summed E-state index contributed by atoms with van der Waals surface area (Å²) >= 11 is 2.81. The lowest BCUT2D eigenvalue weighted by Crippen LogP contribution is -2.36. The van der Waals surface area contributed by atoms with Gasteiger partial charge in [-0.3, -0.25) is 0 Å². The van der Waals surface area contributed by atoms with Gasteiger partial charge in [-0.25, -0.2) is 17.9 Å². The van der Waals surface area contributed by atoms with Gasteiger partial charge in [0.15, 0.2) is 0 Å². The maximum atomic E-state index is 11.6. The first-order chi connectivity index (χ1) is 11.5. The van der Waals surface area contributed by atoms with Crippen LogP contribution in [0.4, 0.5) is 0 Å². The number of methoxy groups -OCH3 is 1. The zero-order valence-corrected chi connectivity index (χ0v) is 16.4. The summed E-state index contributed by atoms with van der Waals surface area (Å²) in [5, 5.41) is 8.77. The van der Waals surface area contributed by atoms with E-state index >= 15 is 0 Å². The molecule has 3 N–H and O–H groups in total. The maximum absolute atomic E-state index is 11.6. The van der Waals surface area contributed by atoms with Crippen LogP contribution in [-0.2, 0) is 19.5 Å². The number of hydrogen-bond acceptors (Lipinski definition) is 8. The number of hydrogen-bond donors (Lipinski definition) is 2. The lowest BCUT2D eigenvalue weighted by molar-refractivity contribution is 0.0658. The Kier molecular flexibility index (Phi) is 7.95. The number of thiophene rings is 1. The summed E-state index contributed by atoms with van der Waals surface area (Å²) in [5.41, 5.74) is 1.03. The van der Waals surface area contributed by atoms with E-state index in [1.165, 1.54) is 11.3 Å². The van der Waals surface area contributed by atoms with Crippen molar-refractivity contribution in [3.05, 3.63) is 11.6 Å². The first-order valence-corrected chi connectivity index (χ1v) is 11.0. The number of rotatable bonds is 10. The summed E-state index contributed by atoms with van der Waals surface area (Å²) in [6, 6.07) is 1.81. The molecule has 138 valence electrons. The standard InChI is InChI=1S/C14H25N3O4S3/c1-3-4-16-12-10-17(5-6-21-8-7-20-2)23-14-11(12)9-13(22-14)24(15,18)19/h9,12,16H,3-8,10H2,1-2H3,(H2,15,18,19)/t12-/m0/s1. The molecule has 0 saturated heterocycles. The minimum Gasteiger partial charge on any atom is -0.382 e. The number of fused-ring (bicyclic) bond motifs is 1. The summed E-state index contributed by atoms with van der Waals surface area (Å²) in [4.78, 5) is 0. The van der Waals surface area contributed by atoms with E-state index in [2.05, 4.69) is 16.5 Å². The molecule has 0 unspecified atom stereocenters. The van der Waals surface area contributed by atoms with E-state index in [0.29, 0.717) is 19.8 Å². The van der Waals surface area contributed by atoms with Gasteiger partial charge >= 0.3 is 0 Å². The summed E-state index contributed by atoms with van der Waals surface area (Å²) in [5.74, 6) is 0. The molecule has 1 aliphatic rings. The summed E-state index contributed by atoms with van der Waals surface area (Å²) in [7, 11) is -2.02. The van der Waals surface area contributed by atoms with Crippen LogP contribution in [0.2, 0.25) is 0 Å². The van der Waals surface area contributed by atoms with Gasteiger partial charge in [0.1, 0.15) is 4.21 Å². The van der Waals surface area contributed by atoms with Crippen molar-refractivity contribution in [1.82, 2.24) is 9.62 Å². The molecule has 0 spiro atoms. The fourth-order valence-electron chi connectivity index (χ4n) is 2.32. The lowest BCUT2D eigenvalue weighted by atomic mass is 10.1. The van der Waals surface area contributed by atoms with Crippen LogP contribution in [0, 0.1) is 0 Å². The van der Waals surface area contributed by atoms with Gasteiger partial charge in [-0.2, -0.15) is 0 Å². The number of sulfonamides is 1. The Hall–Kier alpha value is -0.200. The Labute approximate surface area is 152 Å². The number of nitrogens with zero attached hydrogens (tertiary/aromatic N) is 1. The molecular formula is C14H25N3O4S3. The van der Waals surface area contributed by atoms with Gasteiger partial charge < -0.3 is 14.8 Å². The van der Waals surface area contributed by atoms with Crippen molar-refractivity contribution in [3.8, 4) is 0 Å². The van der Waals surface area contributed by atoms with Crippen molar-refractivity contribution < 1.29 is 17.9 Å². The first kappa shape index (κ1) is 20.1. The molecule has 1 aliphatic heterocycles. The molecule has 0 radical (unpaired) electrons. The zero-order valence-electron chi connectivity index (χ0n) is 14.0. The molecule has 0 amide bonds. The zero-order chi connectivity index (χ0) is 17.6. The fourth-order valence-corrected chi connectivity index (χ4v) is 5.83. The monoisotopic (exact) mass is 395 g/mol. The van der Waals surface area contributed by atoms with Crippen molar-refractivity contribution >= 4 is 33.3 Å². The second-order valence-electron chi connectivity index (χ2n) is 5.44. The van der Waals surface area contributed by atoms with Crippen LogP contribution in [-0.4, -0.2) is 59.3 Å². The Bertz CT molecular complexity index is 621. The number of primary sulfonamides is 1. The van der Waals surface area contributed by atoms with Crippen LogP contribution >= 0.6 is 23.3 Å². The van der Waals surface area contributed by atoms with Crippen LogP contribution in [0.15, 0.2) is 14.5 Å². The highest BCUT2D eigenvalue weighted by Gasteiger charge is 2.30. The van der Waals surface area contributed by atoms with E-state index in [-0.39, 0.29) is 10.3 Å². The molecule has 0 aromatic carbocycles. The van der Waals surface area contributed by atoms with Crippen LogP contribution in [0.3, 0.4) is 0 Å². The maximum Gasteiger partial charge on any atom is 0.247 e. The molecule has 10 heteroatoms.